The molecular weight excluding hydrogens is 384 g/mol. The van der Waals surface area contributed by atoms with E-state index < -0.39 is 0 Å². The Bertz CT molecular complexity index is 986. The molecule has 29 heavy (non-hydrogen) atoms. The molecule has 0 atom stereocenters. The zero-order valence-electron chi connectivity index (χ0n) is 17.4. The van der Waals surface area contributed by atoms with E-state index in [1.54, 1.807) is 0 Å². The summed E-state index contributed by atoms with van der Waals surface area (Å²) in [6, 6.07) is 10.2. The molecule has 2 N–H and O–H groups in total. The van der Waals surface area contributed by atoms with Crippen molar-refractivity contribution in [1.29, 1.82) is 0 Å². The summed E-state index contributed by atoms with van der Waals surface area (Å²) in [5.41, 5.74) is 6.34. The number of aromatic amines is 1. The monoisotopic (exact) mass is 410 g/mol. The molecule has 0 aliphatic carbocycles. The summed E-state index contributed by atoms with van der Waals surface area (Å²) in [6.07, 6.45) is 0. The molecule has 1 aromatic heterocycles. The molecule has 1 heterocycles. The van der Waals surface area contributed by atoms with E-state index in [2.05, 4.69) is 32.6 Å². The van der Waals surface area contributed by atoms with Crippen molar-refractivity contribution < 1.29 is 9.53 Å². The minimum absolute atomic E-state index is 0.0804. The maximum Gasteiger partial charge on any atom is 0.234 e. The molecule has 0 spiro atoms. The first-order valence-electron chi connectivity index (χ1n) is 9.44. The Balaban J connectivity index is 1.53. The zero-order chi connectivity index (χ0) is 21.0. The number of aryl methyl sites for hydroxylation is 5. The van der Waals surface area contributed by atoms with Crippen LogP contribution >= 0.6 is 11.8 Å². The summed E-state index contributed by atoms with van der Waals surface area (Å²) in [4.78, 5) is 16.7. The molecule has 0 radical (unpaired) electrons. The maximum atomic E-state index is 12.3. The van der Waals surface area contributed by atoms with Gasteiger partial charge in [-0.1, -0.05) is 47.7 Å². The summed E-state index contributed by atoms with van der Waals surface area (Å²) in [6.45, 7) is 10.4. The average Bonchev–Trinajstić information content (AvgIpc) is 3.10. The first-order chi connectivity index (χ1) is 13.8. The summed E-state index contributed by atoms with van der Waals surface area (Å²) >= 11 is 1.29. The van der Waals surface area contributed by atoms with Gasteiger partial charge in [0.2, 0.25) is 11.1 Å². The van der Waals surface area contributed by atoms with Gasteiger partial charge in [-0.2, -0.15) is 0 Å². The molecule has 0 unspecified atom stereocenters. The van der Waals surface area contributed by atoms with Crippen LogP contribution in [0.2, 0.25) is 0 Å². The Morgan fingerprint density at radius 1 is 1.07 bits per heavy atom. The number of thioether (sulfide) groups is 1. The van der Waals surface area contributed by atoms with E-state index in [4.69, 9.17) is 4.74 Å². The van der Waals surface area contributed by atoms with Crippen LogP contribution in [0.3, 0.4) is 0 Å². The fraction of sp³-hybridized carbons (Fsp3) is 0.318. The second-order valence-electron chi connectivity index (χ2n) is 7.18. The summed E-state index contributed by atoms with van der Waals surface area (Å²) in [5.74, 6) is 1.65. The summed E-state index contributed by atoms with van der Waals surface area (Å²) in [5, 5.41) is 10.6. The largest absolute Gasteiger partial charge is 0.485 e. The van der Waals surface area contributed by atoms with Gasteiger partial charge in [-0.15, -0.1) is 5.10 Å². The van der Waals surface area contributed by atoms with E-state index >= 15 is 0 Å². The van der Waals surface area contributed by atoms with Crippen molar-refractivity contribution in [3.8, 4) is 5.75 Å². The summed E-state index contributed by atoms with van der Waals surface area (Å²) in [7, 11) is 0. The van der Waals surface area contributed by atoms with Gasteiger partial charge >= 0.3 is 0 Å². The lowest BCUT2D eigenvalue weighted by molar-refractivity contribution is -0.113. The Morgan fingerprint density at radius 2 is 1.72 bits per heavy atom. The van der Waals surface area contributed by atoms with E-state index in [0.717, 1.165) is 33.7 Å². The van der Waals surface area contributed by atoms with Gasteiger partial charge < -0.3 is 10.1 Å². The molecule has 6 nitrogen and oxygen atoms in total. The number of benzene rings is 2. The van der Waals surface area contributed by atoms with Crippen molar-refractivity contribution in [2.75, 3.05) is 11.1 Å². The standard InChI is InChI=1S/C22H26N4O2S/c1-13-9-16(4)20(17(5)10-13)24-19(27)12-29-22-23-18(25-26-22)11-28-21-14(2)7-6-8-15(21)3/h6-10H,11-12H2,1-5H3,(H,24,27)(H,23,25,26). The quantitative estimate of drug-likeness (QED) is 0.554. The van der Waals surface area contributed by atoms with Gasteiger partial charge in [0.05, 0.1) is 5.75 Å². The topological polar surface area (TPSA) is 79.9 Å². The fourth-order valence-corrected chi connectivity index (χ4v) is 3.87. The van der Waals surface area contributed by atoms with E-state index in [0.29, 0.717) is 17.6 Å². The van der Waals surface area contributed by atoms with Crippen molar-refractivity contribution in [3.63, 3.8) is 0 Å². The smallest absolute Gasteiger partial charge is 0.234 e. The van der Waals surface area contributed by atoms with Crippen molar-refractivity contribution >= 4 is 23.4 Å². The number of nitrogens with one attached hydrogen (secondary N) is 2. The van der Waals surface area contributed by atoms with E-state index in [9.17, 15) is 4.79 Å². The Kier molecular flexibility index (Phi) is 6.59. The van der Waals surface area contributed by atoms with Crippen LogP contribution in [0.25, 0.3) is 0 Å². The SMILES string of the molecule is Cc1cc(C)c(NC(=O)CSc2n[nH]c(COc3c(C)cccc3C)n2)c(C)c1. The molecule has 0 saturated heterocycles. The van der Waals surface area contributed by atoms with Gasteiger partial charge in [-0.25, -0.2) is 4.98 Å². The Hall–Kier alpha value is -2.80. The van der Waals surface area contributed by atoms with Crippen LogP contribution in [0.4, 0.5) is 5.69 Å². The van der Waals surface area contributed by atoms with Crippen molar-refractivity contribution in [1.82, 2.24) is 15.2 Å². The molecule has 0 aliphatic heterocycles. The highest BCUT2D eigenvalue weighted by Crippen LogP contribution is 2.24. The van der Waals surface area contributed by atoms with Gasteiger partial charge in [0.1, 0.15) is 12.4 Å². The molecule has 3 aromatic rings. The minimum atomic E-state index is -0.0804. The zero-order valence-corrected chi connectivity index (χ0v) is 18.2. The maximum absolute atomic E-state index is 12.3. The first kappa shape index (κ1) is 20.9. The van der Waals surface area contributed by atoms with Crippen LogP contribution in [0.1, 0.15) is 33.6 Å². The number of hydrogen-bond acceptors (Lipinski definition) is 5. The van der Waals surface area contributed by atoms with Crippen LogP contribution in [-0.4, -0.2) is 26.8 Å². The molecule has 152 valence electrons. The van der Waals surface area contributed by atoms with Crippen LogP contribution in [0.5, 0.6) is 5.75 Å². The Labute approximate surface area is 175 Å². The van der Waals surface area contributed by atoms with Gasteiger partial charge in [0.25, 0.3) is 0 Å². The number of nitrogens with zero attached hydrogens (tertiary/aromatic N) is 2. The second-order valence-corrected chi connectivity index (χ2v) is 8.13. The fourth-order valence-electron chi connectivity index (χ4n) is 3.26. The normalized spacial score (nSPS) is 10.8. The third kappa shape index (κ3) is 5.38. The molecule has 0 aliphatic rings. The van der Waals surface area contributed by atoms with Crippen molar-refractivity contribution in [3.05, 3.63) is 64.0 Å². The second kappa shape index (κ2) is 9.13. The van der Waals surface area contributed by atoms with Crippen molar-refractivity contribution in [2.24, 2.45) is 0 Å². The van der Waals surface area contributed by atoms with Crippen LogP contribution in [-0.2, 0) is 11.4 Å². The number of rotatable bonds is 7. The van der Waals surface area contributed by atoms with Crippen LogP contribution < -0.4 is 10.1 Å². The molecule has 2 aromatic carbocycles. The van der Waals surface area contributed by atoms with Crippen LogP contribution in [0, 0.1) is 34.6 Å². The number of carbonyl (C=O) groups excluding carboxylic acids is 1. The van der Waals surface area contributed by atoms with Gasteiger partial charge in [0, 0.05) is 5.69 Å². The van der Waals surface area contributed by atoms with Crippen LogP contribution in [0.15, 0.2) is 35.5 Å². The number of ether oxygens (including phenoxy) is 1. The average molecular weight is 411 g/mol. The third-order valence-electron chi connectivity index (χ3n) is 4.55. The lowest BCUT2D eigenvalue weighted by Gasteiger charge is -2.12. The minimum Gasteiger partial charge on any atom is -0.485 e. The number of carbonyl (C=O) groups is 1. The van der Waals surface area contributed by atoms with E-state index in [1.807, 2.05) is 52.8 Å². The number of hydrogen-bond donors (Lipinski definition) is 2. The number of H-pyrrole nitrogens is 1. The van der Waals surface area contributed by atoms with E-state index in [1.165, 1.54) is 17.3 Å². The predicted molar refractivity (Wildman–Crippen MR) is 117 cm³/mol. The number of anilines is 1. The highest BCUT2D eigenvalue weighted by atomic mass is 32.2. The molecule has 1 amide bonds. The van der Waals surface area contributed by atoms with E-state index in [-0.39, 0.29) is 11.7 Å². The lowest BCUT2D eigenvalue weighted by atomic mass is 10.1. The highest BCUT2D eigenvalue weighted by molar-refractivity contribution is 7.99. The molecule has 0 bridgehead atoms. The Morgan fingerprint density at radius 3 is 2.38 bits per heavy atom. The van der Waals surface area contributed by atoms with Gasteiger partial charge in [-0.3, -0.25) is 9.89 Å². The molecule has 0 saturated carbocycles. The van der Waals surface area contributed by atoms with Gasteiger partial charge in [-0.05, 0) is 56.9 Å². The molecular formula is C22H26N4O2S. The molecule has 7 heteroatoms. The number of aromatic nitrogens is 3. The van der Waals surface area contributed by atoms with Gasteiger partial charge in [0.15, 0.2) is 5.82 Å². The van der Waals surface area contributed by atoms with Crippen molar-refractivity contribution in [2.45, 2.75) is 46.4 Å². The third-order valence-corrected chi connectivity index (χ3v) is 5.39. The molecule has 0 fully saturated rings. The predicted octanol–water partition coefficient (Wildman–Crippen LogP) is 4.66. The lowest BCUT2D eigenvalue weighted by Crippen LogP contribution is -2.16. The highest BCUT2D eigenvalue weighted by Gasteiger charge is 2.12. The number of para-hydroxylation sites is 1. The first-order valence-corrected chi connectivity index (χ1v) is 10.4. The number of amides is 1. The molecule has 3 rings (SSSR count). The summed E-state index contributed by atoms with van der Waals surface area (Å²) < 4.78 is 5.89.